The second-order valence-corrected chi connectivity index (χ2v) is 5.39. The van der Waals surface area contributed by atoms with Crippen molar-refractivity contribution in [3.63, 3.8) is 0 Å². The molecule has 0 fully saturated rings. The highest BCUT2D eigenvalue weighted by Crippen LogP contribution is 2.30. The molecule has 1 heterocycles. The number of benzene rings is 2. The number of pyridine rings is 1. The number of rotatable bonds is 0. The van der Waals surface area contributed by atoms with E-state index in [0.717, 1.165) is 14.5 Å². The van der Waals surface area contributed by atoms with E-state index >= 15 is 0 Å². The SMILES string of the molecule is Brc1cnc2ccc3c(Br)cccc3c2c1. The summed E-state index contributed by atoms with van der Waals surface area (Å²) >= 11 is 7.03. The zero-order valence-electron chi connectivity index (χ0n) is 8.24. The molecule has 3 aromatic rings. The number of aromatic nitrogens is 1. The first-order valence-corrected chi connectivity index (χ1v) is 6.47. The van der Waals surface area contributed by atoms with Gasteiger partial charge in [-0.15, -0.1) is 0 Å². The van der Waals surface area contributed by atoms with Gasteiger partial charge >= 0.3 is 0 Å². The van der Waals surface area contributed by atoms with Crippen molar-refractivity contribution in [2.24, 2.45) is 0 Å². The molecule has 0 aliphatic rings. The van der Waals surface area contributed by atoms with Crippen molar-refractivity contribution in [3.05, 3.63) is 51.5 Å². The molecule has 3 heteroatoms. The number of fused-ring (bicyclic) bond motifs is 3. The van der Waals surface area contributed by atoms with Crippen LogP contribution < -0.4 is 0 Å². The van der Waals surface area contributed by atoms with E-state index in [2.05, 4.69) is 67.2 Å². The molecular formula is C13H7Br2N. The van der Waals surface area contributed by atoms with Crippen molar-refractivity contribution in [2.45, 2.75) is 0 Å². The van der Waals surface area contributed by atoms with Crippen LogP contribution in [-0.4, -0.2) is 4.98 Å². The van der Waals surface area contributed by atoms with Gasteiger partial charge in [-0.25, -0.2) is 0 Å². The molecule has 0 saturated heterocycles. The fourth-order valence-electron chi connectivity index (χ4n) is 1.90. The number of hydrogen-bond donors (Lipinski definition) is 0. The molecule has 0 amide bonds. The molecule has 0 unspecified atom stereocenters. The van der Waals surface area contributed by atoms with Crippen LogP contribution in [0, 0.1) is 0 Å². The molecule has 0 atom stereocenters. The van der Waals surface area contributed by atoms with E-state index in [1.807, 2.05) is 12.3 Å². The van der Waals surface area contributed by atoms with E-state index in [0.29, 0.717) is 0 Å². The summed E-state index contributed by atoms with van der Waals surface area (Å²) in [6, 6.07) is 12.5. The third-order valence-electron chi connectivity index (χ3n) is 2.64. The Morgan fingerprint density at radius 3 is 2.62 bits per heavy atom. The third kappa shape index (κ3) is 1.55. The highest BCUT2D eigenvalue weighted by atomic mass is 79.9. The van der Waals surface area contributed by atoms with E-state index in [1.54, 1.807) is 0 Å². The van der Waals surface area contributed by atoms with Gasteiger partial charge in [0.25, 0.3) is 0 Å². The lowest BCUT2D eigenvalue weighted by Gasteiger charge is -2.05. The Morgan fingerprint density at radius 1 is 0.875 bits per heavy atom. The van der Waals surface area contributed by atoms with Gasteiger partial charge in [0.05, 0.1) is 5.52 Å². The van der Waals surface area contributed by atoms with E-state index in [-0.39, 0.29) is 0 Å². The van der Waals surface area contributed by atoms with Gasteiger partial charge in [0.2, 0.25) is 0 Å². The lowest BCUT2D eigenvalue weighted by Crippen LogP contribution is -1.82. The Balaban J connectivity index is 2.58. The summed E-state index contributed by atoms with van der Waals surface area (Å²) in [6.45, 7) is 0. The average Bonchev–Trinajstić information content (AvgIpc) is 2.29. The van der Waals surface area contributed by atoms with Crippen LogP contribution in [0.2, 0.25) is 0 Å². The van der Waals surface area contributed by atoms with Crippen molar-refractivity contribution < 1.29 is 0 Å². The Labute approximate surface area is 110 Å². The molecule has 0 aliphatic heterocycles. The predicted octanol–water partition coefficient (Wildman–Crippen LogP) is 4.91. The molecule has 16 heavy (non-hydrogen) atoms. The van der Waals surface area contributed by atoms with Crippen molar-refractivity contribution in [3.8, 4) is 0 Å². The first kappa shape index (κ1) is 10.2. The molecule has 3 rings (SSSR count). The van der Waals surface area contributed by atoms with Crippen molar-refractivity contribution >= 4 is 53.5 Å². The molecule has 1 aromatic heterocycles. The molecule has 0 spiro atoms. The van der Waals surface area contributed by atoms with E-state index in [1.165, 1.54) is 16.2 Å². The fourth-order valence-corrected chi connectivity index (χ4v) is 2.73. The molecule has 0 aliphatic carbocycles. The predicted molar refractivity (Wildman–Crippen MR) is 74.6 cm³/mol. The van der Waals surface area contributed by atoms with Crippen molar-refractivity contribution in [2.75, 3.05) is 0 Å². The van der Waals surface area contributed by atoms with Crippen LogP contribution in [0.1, 0.15) is 0 Å². The summed E-state index contributed by atoms with van der Waals surface area (Å²) in [6.07, 6.45) is 1.83. The summed E-state index contributed by atoms with van der Waals surface area (Å²) in [5.74, 6) is 0. The normalized spacial score (nSPS) is 11.1. The lowest BCUT2D eigenvalue weighted by molar-refractivity contribution is 1.40. The second kappa shape index (κ2) is 3.82. The summed E-state index contributed by atoms with van der Waals surface area (Å²) in [7, 11) is 0. The third-order valence-corrected chi connectivity index (χ3v) is 3.76. The topological polar surface area (TPSA) is 12.9 Å². The highest BCUT2D eigenvalue weighted by molar-refractivity contribution is 9.11. The van der Waals surface area contributed by atoms with Crippen LogP contribution in [0.5, 0.6) is 0 Å². The average molecular weight is 337 g/mol. The van der Waals surface area contributed by atoms with Crippen LogP contribution in [0.15, 0.2) is 51.5 Å². The quantitative estimate of drug-likeness (QED) is 0.531. The first-order chi connectivity index (χ1) is 7.75. The van der Waals surface area contributed by atoms with Gasteiger partial charge in [0.1, 0.15) is 0 Å². The van der Waals surface area contributed by atoms with Crippen LogP contribution in [0.3, 0.4) is 0 Å². The lowest BCUT2D eigenvalue weighted by atomic mass is 10.1. The van der Waals surface area contributed by atoms with Gasteiger partial charge in [-0.3, -0.25) is 4.98 Å². The maximum atomic E-state index is 4.40. The van der Waals surface area contributed by atoms with Crippen molar-refractivity contribution in [1.82, 2.24) is 4.98 Å². The van der Waals surface area contributed by atoms with E-state index < -0.39 is 0 Å². The Bertz CT molecular complexity index is 692. The molecule has 0 bridgehead atoms. The molecule has 1 nitrogen and oxygen atoms in total. The standard InChI is InChI=1S/C13H7Br2N/c14-8-6-11-9-2-1-3-12(15)10(9)4-5-13(11)16-7-8/h1-7H. The summed E-state index contributed by atoms with van der Waals surface area (Å²) < 4.78 is 2.12. The Morgan fingerprint density at radius 2 is 1.75 bits per heavy atom. The van der Waals surface area contributed by atoms with E-state index in [4.69, 9.17) is 0 Å². The van der Waals surface area contributed by atoms with Gasteiger partial charge in [-0.1, -0.05) is 34.1 Å². The smallest absolute Gasteiger partial charge is 0.0709 e. The van der Waals surface area contributed by atoms with Gasteiger partial charge < -0.3 is 0 Å². The minimum absolute atomic E-state index is 1.01. The number of nitrogens with zero attached hydrogens (tertiary/aromatic N) is 1. The summed E-state index contributed by atoms with van der Waals surface area (Å²) in [5, 5.41) is 3.61. The highest BCUT2D eigenvalue weighted by Gasteiger charge is 2.04. The van der Waals surface area contributed by atoms with Crippen LogP contribution >= 0.6 is 31.9 Å². The van der Waals surface area contributed by atoms with E-state index in [9.17, 15) is 0 Å². The van der Waals surface area contributed by atoms with Crippen molar-refractivity contribution in [1.29, 1.82) is 0 Å². The van der Waals surface area contributed by atoms with Gasteiger partial charge in [-0.2, -0.15) is 0 Å². The molecule has 0 saturated carbocycles. The largest absolute Gasteiger partial charge is 0.255 e. The Kier molecular flexibility index (Phi) is 2.45. The van der Waals surface area contributed by atoms with Gasteiger partial charge in [0, 0.05) is 20.5 Å². The minimum atomic E-state index is 1.01. The summed E-state index contributed by atoms with van der Waals surface area (Å²) in [5.41, 5.74) is 1.02. The van der Waals surface area contributed by atoms with Crippen LogP contribution in [0.25, 0.3) is 21.7 Å². The molecule has 0 radical (unpaired) electrons. The maximum Gasteiger partial charge on any atom is 0.0709 e. The minimum Gasteiger partial charge on any atom is -0.255 e. The zero-order chi connectivity index (χ0) is 11.1. The molecular weight excluding hydrogens is 330 g/mol. The zero-order valence-corrected chi connectivity index (χ0v) is 11.4. The van der Waals surface area contributed by atoms with Crippen LogP contribution in [0.4, 0.5) is 0 Å². The van der Waals surface area contributed by atoms with Crippen LogP contribution in [-0.2, 0) is 0 Å². The first-order valence-electron chi connectivity index (χ1n) is 4.88. The Hall–Kier alpha value is -0.930. The molecule has 0 N–H and O–H groups in total. The number of halogens is 2. The molecule has 78 valence electrons. The monoisotopic (exact) mass is 335 g/mol. The van der Waals surface area contributed by atoms with Gasteiger partial charge in [-0.05, 0) is 44.9 Å². The van der Waals surface area contributed by atoms with Gasteiger partial charge in [0.15, 0.2) is 0 Å². The maximum absolute atomic E-state index is 4.40. The summed E-state index contributed by atoms with van der Waals surface area (Å²) in [4.78, 5) is 4.40. The second-order valence-electron chi connectivity index (χ2n) is 3.62. The fraction of sp³-hybridized carbons (Fsp3) is 0. The number of hydrogen-bond acceptors (Lipinski definition) is 1. The molecule has 2 aromatic carbocycles.